The van der Waals surface area contributed by atoms with Crippen LogP contribution >= 0.6 is 58.0 Å². The standard InChI is InChI=1S/C22H18Cl5NO2/c1-2-29-21-8-14(11-28-20-9-15(23)4-6-17(20)25)18(26)10-22(21)30-12-13-3-5-16(24)19(27)7-13/h3-10,28H,2,11-12H2,1H3. The predicted molar refractivity (Wildman–Crippen MR) is 127 cm³/mol. The number of anilines is 1. The number of hydrogen-bond donors (Lipinski definition) is 1. The van der Waals surface area contributed by atoms with Crippen LogP contribution in [0.1, 0.15) is 18.1 Å². The van der Waals surface area contributed by atoms with Crippen molar-refractivity contribution in [2.75, 3.05) is 11.9 Å². The molecule has 0 aliphatic rings. The smallest absolute Gasteiger partial charge is 0.163 e. The lowest BCUT2D eigenvalue weighted by Crippen LogP contribution is -2.04. The summed E-state index contributed by atoms with van der Waals surface area (Å²) in [5.41, 5.74) is 2.43. The zero-order valence-corrected chi connectivity index (χ0v) is 19.7. The first kappa shape index (κ1) is 23.2. The largest absolute Gasteiger partial charge is 0.490 e. The predicted octanol–water partition coefficient (Wildman–Crippen LogP) is 8.54. The molecule has 1 N–H and O–H groups in total. The maximum atomic E-state index is 6.49. The first-order valence-electron chi connectivity index (χ1n) is 9.08. The van der Waals surface area contributed by atoms with Crippen LogP contribution in [0.2, 0.25) is 25.1 Å². The third kappa shape index (κ3) is 6.03. The van der Waals surface area contributed by atoms with Crippen LogP contribution in [-0.2, 0) is 13.2 Å². The van der Waals surface area contributed by atoms with Gasteiger partial charge in [-0.3, -0.25) is 0 Å². The van der Waals surface area contributed by atoms with Crippen molar-refractivity contribution in [2.24, 2.45) is 0 Å². The minimum absolute atomic E-state index is 0.295. The number of nitrogens with one attached hydrogen (secondary N) is 1. The SMILES string of the molecule is CCOc1cc(CNc2cc(Cl)ccc2Cl)c(Cl)cc1OCc1ccc(Cl)c(Cl)c1. The van der Waals surface area contributed by atoms with E-state index in [1.807, 2.05) is 19.1 Å². The van der Waals surface area contributed by atoms with Gasteiger partial charge >= 0.3 is 0 Å². The van der Waals surface area contributed by atoms with Gasteiger partial charge < -0.3 is 14.8 Å². The highest BCUT2D eigenvalue weighted by Gasteiger charge is 2.13. The van der Waals surface area contributed by atoms with Gasteiger partial charge in [0.2, 0.25) is 0 Å². The molecule has 0 saturated heterocycles. The second kappa shape index (κ2) is 10.7. The lowest BCUT2D eigenvalue weighted by atomic mass is 10.2. The van der Waals surface area contributed by atoms with Gasteiger partial charge in [-0.25, -0.2) is 0 Å². The summed E-state index contributed by atoms with van der Waals surface area (Å²) in [6.07, 6.45) is 0. The van der Waals surface area contributed by atoms with E-state index in [0.717, 1.165) is 16.8 Å². The molecule has 8 heteroatoms. The number of hydrogen-bond acceptors (Lipinski definition) is 3. The Morgan fingerprint density at radius 3 is 2.20 bits per heavy atom. The second-order valence-corrected chi connectivity index (χ2v) is 8.40. The fraction of sp³-hybridized carbons (Fsp3) is 0.182. The normalized spacial score (nSPS) is 10.7. The summed E-state index contributed by atoms with van der Waals surface area (Å²) in [5, 5.41) is 5.91. The first-order valence-corrected chi connectivity index (χ1v) is 11.0. The van der Waals surface area contributed by atoms with Crippen LogP contribution < -0.4 is 14.8 Å². The van der Waals surface area contributed by atoms with Crippen LogP contribution in [0.15, 0.2) is 48.5 Å². The molecule has 158 valence electrons. The van der Waals surface area contributed by atoms with Crippen LogP contribution in [0, 0.1) is 0 Å². The number of halogens is 5. The average Bonchev–Trinajstić information content (AvgIpc) is 2.71. The Morgan fingerprint density at radius 1 is 0.733 bits per heavy atom. The summed E-state index contributed by atoms with van der Waals surface area (Å²) < 4.78 is 11.7. The summed E-state index contributed by atoms with van der Waals surface area (Å²) in [5.74, 6) is 1.13. The molecule has 0 unspecified atom stereocenters. The molecule has 0 radical (unpaired) electrons. The van der Waals surface area contributed by atoms with Crippen molar-refractivity contribution in [1.82, 2.24) is 0 Å². The molecule has 0 heterocycles. The van der Waals surface area contributed by atoms with Gasteiger partial charge in [-0.2, -0.15) is 0 Å². The van der Waals surface area contributed by atoms with E-state index in [9.17, 15) is 0 Å². The molecular formula is C22H18Cl5NO2. The van der Waals surface area contributed by atoms with Crippen LogP contribution in [0.5, 0.6) is 11.5 Å². The molecule has 0 saturated carbocycles. The van der Waals surface area contributed by atoms with Crippen LogP contribution in [0.4, 0.5) is 5.69 Å². The Balaban J connectivity index is 1.77. The van der Waals surface area contributed by atoms with Crippen LogP contribution in [-0.4, -0.2) is 6.61 Å². The van der Waals surface area contributed by atoms with Crippen LogP contribution in [0.25, 0.3) is 0 Å². The lowest BCUT2D eigenvalue weighted by Gasteiger charge is -2.16. The topological polar surface area (TPSA) is 30.5 Å². The molecule has 0 spiro atoms. The fourth-order valence-electron chi connectivity index (χ4n) is 2.71. The van der Waals surface area contributed by atoms with E-state index in [1.54, 1.807) is 36.4 Å². The number of ether oxygens (including phenoxy) is 2. The fourth-order valence-corrected chi connectivity index (χ4v) is 3.61. The van der Waals surface area contributed by atoms with E-state index >= 15 is 0 Å². The van der Waals surface area contributed by atoms with Gasteiger partial charge in [0.15, 0.2) is 11.5 Å². The quantitative estimate of drug-likeness (QED) is 0.333. The maximum absolute atomic E-state index is 6.49. The molecule has 3 aromatic carbocycles. The molecular weight excluding hydrogens is 488 g/mol. The summed E-state index contributed by atoms with van der Waals surface area (Å²) in [6, 6.07) is 14.2. The highest BCUT2D eigenvalue weighted by Crippen LogP contribution is 2.35. The zero-order chi connectivity index (χ0) is 21.7. The Kier molecular flexibility index (Phi) is 8.27. The molecule has 3 nitrogen and oxygen atoms in total. The molecule has 0 bridgehead atoms. The minimum atomic E-state index is 0.295. The van der Waals surface area contributed by atoms with E-state index in [0.29, 0.717) is 56.4 Å². The van der Waals surface area contributed by atoms with Gasteiger partial charge in [0, 0.05) is 22.7 Å². The van der Waals surface area contributed by atoms with Crippen molar-refractivity contribution in [3.63, 3.8) is 0 Å². The Bertz CT molecular complexity index is 1040. The maximum Gasteiger partial charge on any atom is 0.163 e. The molecule has 0 aromatic heterocycles. The van der Waals surface area contributed by atoms with E-state index in [-0.39, 0.29) is 0 Å². The van der Waals surface area contributed by atoms with Gasteiger partial charge in [-0.1, -0.05) is 64.1 Å². The molecule has 0 aliphatic carbocycles. The van der Waals surface area contributed by atoms with Gasteiger partial charge in [0.1, 0.15) is 6.61 Å². The third-order valence-electron chi connectivity index (χ3n) is 4.19. The number of rotatable bonds is 8. The third-order valence-corrected chi connectivity index (χ3v) is 5.84. The minimum Gasteiger partial charge on any atom is -0.490 e. The van der Waals surface area contributed by atoms with Gasteiger partial charge in [0.25, 0.3) is 0 Å². The van der Waals surface area contributed by atoms with Crippen molar-refractivity contribution in [3.8, 4) is 11.5 Å². The van der Waals surface area contributed by atoms with Gasteiger partial charge in [-0.05, 0) is 54.4 Å². The summed E-state index contributed by atoms with van der Waals surface area (Å²) >= 11 is 30.8. The number of benzene rings is 3. The molecule has 0 atom stereocenters. The molecule has 3 aromatic rings. The average molecular weight is 506 g/mol. The second-order valence-electron chi connectivity index (χ2n) is 6.34. The van der Waals surface area contributed by atoms with Crippen molar-refractivity contribution in [1.29, 1.82) is 0 Å². The van der Waals surface area contributed by atoms with Gasteiger partial charge in [-0.15, -0.1) is 0 Å². The van der Waals surface area contributed by atoms with Crippen LogP contribution in [0.3, 0.4) is 0 Å². The zero-order valence-electron chi connectivity index (χ0n) is 15.9. The lowest BCUT2D eigenvalue weighted by molar-refractivity contribution is 0.269. The highest BCUT2D eigenvalue weighted by molar-refractivity contribution is 6.42. The van der Waals surface area contributed by atoms with E-state index in [1.165, 1.54) is 0 Å². The van der Waals surface area contributed by atoms with Crippen molar-refractivity contribution < 1.29 is 9.47 Å². The molecule has 0 fully saturated rings. The summed E-state index contributed by atoms with van der Waals surface area (Å²) in [4.78, 5) is 0. The molecule has 30 heavy (non-hydrogen) atoms. The summed E-state index contributed by atoms with van der Waals surface area (Å²) in [6.45, 7) is 3.12. The molecule has 3 rings (SSSR count). The van der Waals surface area contributed by atoms with E-state index < -0.39 is 0 Å². The highest BCUT2D eigenvalue weighted by atomic mass is 35.5. The van der Waals surface area contributed by atoms with E-state index in [4.69, 9.17) is 67.5 Å². The van der Waals surface area contributed by atoms with Crippen molar-refractivity contribution in [2.45, 2.75) is 20.1 Å². The molecule has 0 aliphatic heterocycles. The van der Waals surface area contributed by atoms with Gasteiger partial charge in [0.05, 0.1) is 27.4 Å². The Morgan fingerprint density at radius 2 is 1.47 bits per heavy atom. The molecule has 0 amide bonds. The Hall–Kier alpha value is -1.49. The Labute approximate surface area is 200 Å². The first-order chi connectivity index (χ1) is 14.4. The summed E-state index contributed by atoms with van der Waals surface area (Å²) in [7, 11) is 0. The monoisotopic (exact) mass is 503 g/mol. The van der Waals surface area contributed by atoms with Crippen molar-refractivity contribution in [3.05, 3.63) is 84.8 Å². The van der Waals surface area contributed by atoms with Crippen molar-refractivity contribution >= 4 is 63.7 Å². The van der Waals surface area contributed by atoms with E-state index in [2.05, 4.69) is 5.32 Å².